The maximum absolute atomic E-state index is 5.51. The number of aromatic nitrogens is 2. The number of ether oxygens (including phenoxy) is 3. The first-order chi connectivity index (χ1) is 12.8. The van der Waals surface area contributed by atoms with Gasteiger partial charge in [-0.05, 0) is 35.2 Å². The number of methoxy groups -OCH3 is 1. The van der Waals surface area contributed by atoms with Gasteiger partial charge in [0, 0.05) is 16.5 Å². The summed E-state index contributed by atoms with van der Waals surface area (Å²) in [5.74, 6) is 2.39. The van der Waals surface area contributed by atoms with E-state index in [1.807, 2.05) is 42.6 Å². The Labute approximate surface area is 150 Å². The third-order valence-electron chi connectivity index (χ3n) is 4.70. The van der Waals surface area contributed by atoms with Crippen LogP contribution in [-0.2, 0) is 0 Å². The third-order valence-corrected chi connectivity index (χ3v) is 4.70. The summed E-state index contributed by atoms with van der Waals surface area (Å²) < 4.78 is 16.4. The molecule has 3 aromatic carbocycles. The second-order valence-electron chi connectivity index (χ2n) is 6.09. The average Bonchev–Trinajstić information content (AvgIpc) is 3.35. The summed E-state index contributed by atoms with van der Waals surface area (Å²) in [5.41, 5.74) is 4.07. The van der Waals surface area contributed by atoms with E-state index in [2.05, 4.69) is 28.4 Å². The molecule has 128 valence electrons. The summed E-state index contributed by atoms with van der Waals surface area (Å²) in [4.78, 5) is 0. The van der Waals surface area contributed by atoms with Gasteiger partial charge in [0.2, 0.25) is 6.79 Å². The van der Waals surface area contributed by atoms with Crippen molar-refractivity contribution < 1.29 is 14.2 Å². The van der Waals surface area contributed by atoms with E-state index < -0.39 is 0 Å². The van der Waals surface area contributed by atoms with Gasteiger partial charge in [-0.3, -0.25) is 5.10 Å². The lowest BCUT2D eigenvalue weighted by Gasteiger charge is -2.11. The highest BCUT2D eigenvalue weighted by Crippen LogP contribution is 2.41. The Morgan fingerprint density at radius 1 is 0.923 bits per heavy atom. The Hall–Kier alpha value is -3.47. The van der Waals surface area contributed by atoms with Crippen LogP contribution in [-0.4, -0.2) is 24.1 Å². The van der Waals surface area contributed by atoms with E-state index >= 15 is 0 Å². The molecular formula is C21H16N2O3. The molecule has 0 unspecified atom stereocenters. The minimum absolute atomic E-state index is 0.264. The van der Waals surface area contributed by atoms with E-state index in [1.54, 1.807) is 7.11 Å². The van der Waals surface area contributed by atoms with Gasteiger partial charge in [-0.15, -0.1) is 0 Å². The van der Waals surface area contributed by atoms with E-state index in [0.29, 0.717) is 0 Å². The second-order valence-corrected chi connectivity index (χ2v) is 6.09. The van der Waals surface area contributed by atoms with E-state index in [-0.39, 0.29) is 6.79 Å². The molecule has 0 spiro atoms. The van der Waals surface area contributed by atoms with Crippen molar-refractivity contribution in [2.75, 3.05) is 13.9 Å². The van der Waals surface area contributed by atoms with E-state index in [4.69, 9.17) is 14.2 Å². The number of hydrogen-bond acceptors (Lipinski definition) is 4. The Morgan fingerprint density at radius 3 is 2.65 bits per heavy atom. The summed E-state index contributed by atoms with van der Waals surface area (Å²) >= 11 is 0. The Bertz CT molecular complexity index is 1120. The fourth-order valence-corrected chi connectivity index (χ4v) is 3.44. The molecule has 0 amide bonds. The molecule has 1 aromatic heterocycles. The number of fused-ring (bicyclic) bond motifs is 2. The van der Waals surface area contributed by atoms with Crippen molar-refractivity contribution in [2.45, 2.75) is 0 Å². The highest BCUT2D eigenvalue weighted by molar-refractivity contribution is 6.02. The molecule has 5 rings (SSSR count). The molecule has 0 bridgehead atoms. The molecular weight excluding hydrogens is 328 g/mol. The van der Waals surface area contributed by atoms with Gasteiger partial charge >= 0.3 is 0 Å². The quantitative estimate of drug-likeness (QED) is 0.588. The van der Waals surface area contributed by atoms with Crippen LogP contribution >= 0.6 is 0 Å². The number of rotatable bonds is 3. The highest BCUT2D eigenvalue weighted by atomic mass is 16.7. The number of nitrogens with one attached hydrogen (secondary N) is 1. The Morgan fingerprint density at radius 2 is 1.77 bits per heavy atom. The molecule has 0 saturated carbocycles. The molecule has 0 fully saturated rings. The molecule has 0 saturated heterocycles. The van der Waals surface area contributed by atoms with Gasteiger partial charge < -0.3 is 14.2 Å². The lowest BCUT2D eigenvalue weighted by atomic mass is 9.96. The fraction of sp³-hybridized carbons (Fsp3) is 0.0952. The van der Waals surface area contributed by atoms with E-state index in [1.165, 1.54) is 0 Å². The van der Waals surface area contributed by atoms with Crippen molar-refractivity contribution in [3.05, 3.63) is 60.8 Å². The van der Waals surface area contributed by atoms with Gasteiger partial charge in [-0.2, -0.15) is 5.10 Å². The summed E-state index contributed by atoms with van der Waals surface area (Å²) in [6.07, 6.45) is 1.84. The first-order valence-corrected chi connectivity index (χ1v) is 8.34. The van der Waals surface area contributed by atoms with Gasteiger partial charge in [0.25, 0.3) is 0 Å². The van der Waals surface area contributed by atoms with Crippen LogP contribution < -0.4 is 14.2 Å². The van der Waals surface area contributed by atoms with Gasteiger partial charge in [0.1, 0.15) is 5.75 Å². The number of benzene rings is 3. The average molecular weight is 344 g/mol. The number of H-pyrrole nitrogens is 1. The molecule has 1 N–H and O–H groups in total. The first kappa shape index (κ1) is 14.8. The zero-order valence-corrected chi connectivity index (χ0v) is 14.2. The lowest BCUT2D eigenvalue weighted by molar-refractivity contribution is 0.174. The smallest absolute Gasteiger partial charge is 0.231 e. The van der Waals surface area contributed by atoms with Gasteiger partial charge in [0.15, 0.2) is 11.5 Å². The molecule has 26 heavy (non-hydrogen) atoms. The minimum atomic E-state index is 0.264. The molecule has 0 aliphatic carbocycles. The SMILES string of the molecule is COc1ccc(-c2[nH]ncc2-c2ccc3c(c2)OCO3)c2ccccc12. The maximum atomic E-state index is 5.51. The number of nitrogens with zero attached hydrogens (tertiary/aromatic N) is 1. The normalized spacial score (nSPS) is 12.5. The van der Waals surface area contributed by atoms with Crippen LogP contribution in [0.1, 0.15) is 0 Å². The first-order valence-electron chi connectivity index (χ1n) is 8.34. The maximum Gasteiger partial charge on any atom is 0.231 e. The Kier molecular flexibility index (Phi) is 3.31. The van der Waals surface area contributed by atoms with E-state index in [9.17, 15) is 0 Å². The molecule has 1 aliphatic heterocycles. The fourth-order valence-electron chi connectivity index (χ4n) is 3.44. The van der Waals surface area contributed by atoms with Crippen LogP contribution in [0.15, 0.2) is 60.8 Å². The van der Waals surface area contributed by atoms with Crippen LogP contribution in [0.4, 0.5) is 0 Å². The molecule has 5 nitrogen and oxygen atoms in total. The third kappa shape index (κ3) is 2.21. The van der Waals surface area contributed by atoms with Crippen molar-refractivity contribution in [3.8, 4) is 39.6 Å². The van der Waals surface area contributed by atoms with Crippen molar-refractivity contribution in [1.29, 1.82) is 0 Å². The minimum Gasteiger partial charge on any atom is -0.496 e. The van der Waals surface area contributed by atoms with Crippen molar-refractivity contribution in [3.63, 3.8) is 0 Å². The van der Waals surface area contributed by atoms with Gasteiger partial charge in [-0.25, -0.2) is 0 Å². The summed E-state index contributed by atoms with van der Waals surface area (Å²) in [6.45, 7) is 0.264. The van der Waals surface area contributed by atoms with Gasteiger partial charge in [-0.1, -0.05) is 30.3 Å². The topological polar surface area (TPSA) is 56.4 Å². The van der Waals surface area contributed by atoms with E-state index in [0.717, 1.165) is 50.4 Å². The zero-order valence-electron chi connectivity index (χ0n) is 14.2. The zero-order chi connectivity index (χ0) is 17.5. The van der Waals surface area contributed by atoms with Crippen molar-refractivity contribution in [2.24, 2.45) is 0 Å². The van der Waals surface area contributed by atoms with Crippen LogP contribution in [0.25, 0.3) is 33.2 Å². The molecule has 2 heterocycles. The monoisotopic (exact) mass is 344 g/mol. The van der Waals surface area contributed by atoms with Crippen LogP contribution in [0, 0.1) is 0 Å². The second kappa shape index (κ2) is 5.81. The lowest BCUT2D eigenvalue weighted by Crippen LogP contribution is -1.92. The van der Waals surface area contributed by atoms with Crippen molar-refractivity contribution >= 4 is 10.8 Å². The number of hydrogen-bond donors (Lipinski definition) is 1. The predicted molar refractivity (Wildman–Crippen MR) is 99.6 cm³/mol. The summed E-state index contributed by atoms with van der Waals surface area (Å²) in [6, 6.07) is 18.2. The standard InChI is InChI=1S/C21H16N2O3/c1-24-18-9-7-16(14-4-2-3-5-15(14)18)21-17(11-22-23-21)13-6-8-19-20(10-13)26-12-25-19/h2-11H,12H2,1H3,(H,22,23). The summed E-state index contributed by atoms with van der Waals surface area (Å²) in [7, 11) is 1.69. The van der Waals surface area contributed by atoms with Crippen LogP contribution in [0.3, 0.4) is 0 Å². The van der Waals surface area contributed by atoms with Crippen molar-refractivity contribution in [1.82, 2.24) is 10.2 Å². The van der Waals surface area contributed by atoms with Crippen LogP contribution in [0.5, 0.6) is 17.2 Å². The number of aromatic amines is 1. The molecule has 5 heteroatoms. The molecule has 0 atom stereocenters. The molecule has 0 radical (unpaired) electrons. The van der Waals surface area contributed by atoms with Gasteiger partial charge in [0.05, 0.1) is 19.0 Å². The molecule has 1 aliphatic rings. The molecule has 4 aromatic rings. The predicted octanol–water partition coefficient (Wildman–Crippen LogP) is 4.63. The Balaban J connectivity index is 1.70. The van der Waals surface area contributed by atoms with Crippen LogP contribution in [0.2, 0.25) is 0 Å². The largest absolute Gasteiger partial charge is 0.496 e. The summed E-state index contributed by atoms with van der Waals surface area (Å²) in [5, 5.41) is 9.62. The highest BCUT2D eigenvalue weighted by Gasteiger charge is 2.18.